The smallest absolute Gasteiger partial charge is 0.324 e. The van der Waals surface area contributed by atoms with Gasteiger partial charge in [0.15, 0.2) is 0 Å². The van der Waals surface area contributed by atoms with Crippen LogP contribution in [0, 0.1) is 10.8 Å². The van der Waals surface area contributed by atoms with Crippen molar-refractivity contribution in [3.05, 3.63) is 0 Å². The van der Waals surface area contributed by atoms with Crippen LogP contribution in [0.15, 0.2) is 0 Å². The molecule has 0 unspecified atom stereocenters. The van der Waals surface area contributed by atoms with E-state index in [2.05, 4.69) is 5.32 Å². The highest BCUT2D eigenvalue weighted by Crippen LogP contribution is 2.38. The van der Waals surface area contributed by atoms with Gasteiger partial charge in [0.2, 0.25) is 5.91 Å². The van der Waals surface area contributed by atoms with Crippen molar-refractivity contribution >= 4 is 17.7 Å². The van der Waals surface area contributed by atoms with E-state index in [1.807, 2.05) is 41.5 Å². The maximum atomic E-state index is 12.2. The van der Waals surface area contributed by atoms with Gasteiger partial charge in [0.05, 0.1) is 18.5 Å². The Morgan fingerprint density at radius 1 is 1.10 bits per heavy atom. The Morgan fingerprint density at radius 2 is 1.60 bits per heavy atom. The number of amides is 3. The van der Waals surface area contributed by atoms with Crippen LogP contribution in [0.1, 0.15) is 54.9 Å². The van der Waals surface area contributed by atoms with E-state index in [0.717, 1.165) is 0 Å². The van der Waals surface area contributed by atoms with Gasteiger partial charge in [-0.15, -0.1) is 0 Å². The molecule has 0 radical (unpaired) electrons. The van der Waals surface area contributed by atoms with E-state index in [1.165, 1.54) is 11.8 Å². The third-order valence-electron chi connectivity index (χ3n) is 3.58. The Balaban J connectivity index is 3.18. The van der Waals surface area contributed by atoms with E-state index < -0.39 is 11.9 Å². The number of carbonyl (C=O) groups excluding carboxylic acids is 3. The van der Waals surface area contributed by atoms with Crippen molar-refractivity contribution in [3.63, 3.8) is 0 Å². The lowest BCUT2D eigenvalue weighted by Gasteiger charge is -2.40. The zero-order chi connectivity index (χ0) is 15.9. The van der Waals surface area contributed by atoms with Gasteiger partial charge < -0.3 is 5.32 Å². The topological polar surface area (TPSA) is 66.5 Å². The Labute approximate surface area is 121 Å². The first kappa shape index (κ1) is 16.7. The number of imide groups is 1. The predicted molar refractivity (Wildman–Crippen MR) is 77.2 cm³/mol. The second-order valence-electron chi connectivity index (χ2n) is 7.75. The fourth-order valence-electron chi connectivity index (χ4n) is 2.70. The number of urea groups is 1. The summed E-state index contributed by atoms with van der Waals surface area (Å²) in [5.74, 6) is -0.642. The average Bonchev–Trinajstić information content (AvgIpc) is 2.53. The summed E-state index contributed by atoms with van der Waals surface area (Å²) in [6.45, 7) is 13.5. The van der Waals surface area contributed by atoms with Crippen molar-refractivity contribution in [1.82, 2.24) is 10.2 Å². The molecule has 0 aromatic rings. The lowest BCUT2D eigenvalue weighted by Crippen LogP contribution is -2.52. The SMILES string of the molecule is CC(=O)CC(=O)N1C(=O)N[C@@H](C(C)(C)C)[C@@H]1C(C)(C)C. The van der Waals surface area contributed by atoms with Crippen LogP contribution in [-0.2, 0) is 9.59 Å². The summed E-state index contributed by atoms with van der Waals surface area (Å²) >= 11 is 0. The molecule has 0 aromatic heterocycles. The Bertz CT molecular complexity index is 429. The largest absolute Gasteiger partial charge is 0.332 e. The molecule has 0 saturated carbocycles. The van der Waals surface area contributed by atoms with Gasteiger partial charge in [0.25, 0.3) is 0 Å². The lowest BCUT2D eigenvalue weighted by atomic mass is 9.73. The number of hydrogen-bond acceptors (Lipinski definition) is 3. The normalized spacial score (nSPS) is 23.8. The van der Waals surface area contributed by atoms with Crippen LogP contribution in [0.2, 0.25) is 0 Å². The van der Waals surface area contributed by atoms with E-state index in [4.69, 9.17) is 0 Å². The number of ketones is 1. The molecule has 0 aliphatic carbocycles. The molecule has 0 bridgehead atoms. The number of rotatable bonds is 2. The van der Waals surface area contributed by atoms with Crippen LogP contribution in [0.4, 0.5) is 4.79 Å². The lowest BCUT2D eigenvalue weighted by molar-refractivity contribution is -0.134. The second kappa shape index (κ2) is 5.19. The molecule has 1 heterocycles. The van der Waals surface area contributed by atoms with Crippen LogP contribution < -0.4 is 5.32 Å². The number of Topliss-reactive ketones (excluding diaryl/α,β-unsaturated/α-hetero) is 1. The molecule has 1 fully saturated rings. The first-order valence-corrected chi connectivity index (χ1v) is 6.97. The van der Waals surface area contributed by atoms with E-state index >= 15 is 0 Å². The summed E-state index contributed by atoms with van der Waals surface area (Å²) in [6.07, 6.45) is -0.225. The van der Waals surface area contributed by atoms with Gasteiger partial charge in [-0.1, -0.05) is 41.5 Å². The van der Waals surface area contributed by atoms with E-state index in [0.29, 0.717) is 0 Å². The molecule has 114 valence electrons. The van der Waals surface area contributed by atoms with Crippen molar-refractivity contribution < 1.29 is 14.4 Å². The van der Waals surface area contributed by atoms with E-state index in [9.17, 15) is 14.4 Å². The van der Waals surface area contributed by atoms with Crippen LogP contribution in [0.5, 0.6) is 0 Å². The minimum Gasteiger partial charge on any atom is -0.332 e. The van der Waals surface area contributed by atoms with Crippen molar-refractivity contribution in [2.45, 2.75) is 67.0 Å². The van der Waals surface area contributed by atoms with Crippen LogP contribution >= 0.6 is 0 Å². The van der Waals surface area contributed by atoms with Crippen LogP contribution in [0.3, 0.4) is 0 Å². The molecule has 2 atom stereocenters. The first-order valence-electron chi connectivity index (χ1n) is 6.97. The minimum absolute atomic E-state index is 0.133. The van der Waals surface area contributed by atoms with E-state index in [-0.39, 0.29) is 35.1 Å². The zero-order valence-corrected chi connectivity index (χ0v) is 13.5. The molecule has 5 heteroatoms. The molecule has 1 N–H and O–H groups in total. The molecular weight excluding hydrogens is 256 g/mol. The summed E-state index contributed by atoms with van der Waals surface area (Å²) in [6, 6.07) is -0.788. The third kappa shape index (κ3) is 3.38. The molecule has 3 amide bonds. The molecule has 5 nitrogen and oxygen atoms in total. The van der Waals surface area contributed by atoms with Crippen molar-refractivity contribution in [3.8, 4) is 0 Å². The summed E-state index contributed by atoms with van der Waals surface area (Å²) in [5, 5.41) is 2.91. The van der Waals surface area contributed by atoms with Crippen molar-refractivity contribution in [2.75, 3.05) is 0 Å². The first-order chi connectivity index (χ1) is 8.85. The summed E-state index contributed by atoms with van der Waals surface area (Å²) in [4.78, 5) is 36.9. The van der Waals surface area contributed by atoms with E-state index in [1.54, 1.807) is 0 Å². The van der Waals surface area contributed by atoms with Gasteiger partial charge in [-0.2, -0.15) is 0 Å². The number of nitrogens with one attached hydrogen (secondary N) is 1. The standard InChI is InChI=1S/C15H26N2O3/c1-9(18)8-10(19)17-12(15(5,6)7)11(14(2,3)4)16-13(17)20/h11-12H,8H2,1-7H3,(H,16,20)/t11-,12-/m1/s1. The van der Waals surface area contributed by atoms with Crippen LogP contribution in [0.25, 0.3) is 0 Å². The maximum absolute atomic E-state index is 12.2. The maximum Gasteiger partial charge on any atom is 0.324 e. The van der Waals surface area contributed by atoms with Gasteiger partial charge in [-0.05, 0) is 17.8 Å². The molecule has 1 aliphatic rings. The number of carbonyl (C=O) groups is 3. The predicted octanol–water partition coefficient (Wildman–Crippen LogP) is 2.35. The fourth-order valence-corrected chi connectivity index (χ4v) is 2.70. The van der Waals surface area contributed by atoms with Gasteiger partial charge in [-0.25, -0.2) is 4.79 Å². The fraction of sp³-hybridized carbons (Fsp3) is 0.800. The van der Waals surface area contributed by atoms with Crippen LogP contribution in [-0.4, -0.2) is 34.7 Å². The summed E-state index contributed by atoms with van der Waals surface area (Å²) in [7, 11) is 0. The quantitative estimate of drug-likeness (QED) is 0.791. The molecule has 20 heavy (non-hydrogen) atoms. The Hall–Kier alpha value is -1.39. The number of nitrogens with zero attached hydrogens (tertiary/aromatic N) is 1. The molecule has 1 rings (SSSR count). The van der Waals surface area contributed by atoms with Gasteiger partial charge in [0, 0.05) is 0 Å². The summed E-state index contributed by atoms with van der Waals surface area (Å²) in [5.41, 5.74) is -0.428. The zero-order valence-electron chi connectivity index (χ0n) is 13.5. The summed E-state index contributed by atoms with van der Waals surface area (Å²) < 4.78 is 0. The molecule has 1 saturated heterocycles. The highest BCUT2D eigenvalue weighted by Gasteiger charge is 2.52. The van der Waals surface area contributed by atoms with Crippen molar-refractivity contribution in [1.29, 1.82) is 0 Å². The number of hydrogen-bond donors (Lipinski definition) is 1. The average molecular weight is 282 g/mol. The van der Waals surface area contributed by atoms with Gasteiger partial charge >= 0.3 is 6.03 Å². The van der Waals surface area contributed by atoms with Gasteiger partial charge in [0.1, 0.15) is 5.78 Å². The Morgan fingerprint density at radius 3 is 1.95 bits per heavy atom. The highest BCUT2D eigenvalue weighted by atomic mass is 16.2. The second-order valence-corrected chi connectivity index (χ2v) is 7.75. The molecule has 1 aliphatic heterocycles. The highest BCUT2D eigenvalue weighted by molar-refractivity contribution is 6.05. The minimum atomic E-state index is -0.415. The molecule has 0 aromatic carbocycles. The Kier molecular flexibility index (Phi) is 4.32. The molecule has 0 spiro atoms. The van der Waals surface area contributed by atoms with Crippen molar-refractivity contribution in [2.24, 2.45) is 10.8 Å². The van der Waals surface area contributed by atoms with Gasteiger partial charge in [-0.3, -0.25) is 14.5 Å². The third-order valence-corrected chi connectivity index (χ3v) is 3.58. The monoisotopic (exact) mass is 282 g/mol. The molecular formula is C15H26N2O3.